The maximum atomic E-state index is 12.1. The van der Waals surface area contributed by atoms with Gasteiger partial charge >= 0.3 is 0 Å². The number of carbonyl (C=O) groups is 1. The molecule has 0 saturated heterocycles. The van der Waals surface area contributed by atoms with Gasteiger partial charge in [-0.2, -0.15) is 0 Å². The highest BCUT2D eigenvalue weighted by atomic mass is 79.9. The Hall–Kier alpha value is -1.98. The Balaban J connectivity index is 1.58. The van der Waals surface area contributed by atoms with Crippen LogP contribution >= 0.6 is 27.3 Å². The largest absolute Gasteiger partial charge is 0.352 e. The van der Waals surface area contributed by atoms with Crippen LogP contribution in [0.1, 0.15) is 16.8 Å². The average molecular weight is 401 g/mol. The third kappa shape index (κ3) is 4.52. The van der Waals surface area contributed by atoms with Crippen LogP contribution < -0.4 is 5.32 Å². The molecule has 1 amide bonds. The molecule has 0 saturated carbocycles. The molecule has 24 heavy (non-hydrogen) atoms. The maximum Gasteiger partial charge on any atom is 0.226 e. The summed E-state index contributed by atoms with van der Waals surface area (Å²) in [6.45, 7) is 2.59. The van der Waals surface area contributed by atoms with Crippen molar-refractivity contribution >= 4 is 33.2 Å². The third-order valence-corrected chi connectivity index (χ3v) is 5.01. The van der Waals surface area contributed by atoms with Gasteiger partial charge in [0.1, 0.15) is 5.01 Å². The van der Waals surface area contributed by atoms with Gasteiger partial charge in [0.25, 0.3) is 0 Å². The summed E-state index contributed by atoms with van der Waals surface area (Å²) in [7, 11) is 0. The van der Waals surface area contributed by atoms with Crippen molar-refractivity contribution in [1.82, 2.24) is 10.3 Å². The van der Waals surface area contributed by atoms with E-state index in [4.69, 9.17) is 0 Å². The summed E-state index contributed by atoms with van der Waals surface area (Å²) in [5.74, 6) is -0.0123. The van der Waals surface area contributed by atoms with Crippen molar-refractivity contribution in [2.24, 2.45) is 0 Å². The van der Waals surface area contributed by atoms with E-state index in [1.807, 2.05) is 60.8 Å². The first-order chi connectivity index (χ1) is 11.6. The van der Waals surface area contributed by atoms with Gasteiger partial charge in [-0.05, 0) is 24.6 Å². The number of rotatable bonds is 5. The topological polar surface area (TPSA) is 42.0 Å². The van der Waals surface area contributed by atoms with Crippen molar-refractivity contribution in [3.05, 3.63) is 75.2 Å². The molecule has 0 unspecified atom stereocenters. The van der Waals surface area contributed by atoms with Crippen LogP contribution in [0.4, 0.5) is 0 Å². The highest BCUT2D eigenvalue weighted by Gasteiger charge is 2.09. The second-order valence-electron chi connectivity index (χ2n) is 5.59. The number of hydrogen-bond donors (Lipinski definition) is 1. The number of nitrogens with one attached hydrogen (secondary N) is 1. The molecule has 0 atom stereocenters. The Bertz CT molecular complexity index is 843. The van der Waals surface area contributed by atoms with Gasteiger partial charge in [-0.1, -0.05) is 57.9 Å². The fourth-order valence-corrected chi connectivity index (χ4v) is 3.49. The van der Waals surface area contributed by atoms with Crippen LogP contribution in [-0.4, -0.2) is 10.9 Å². The van der Waals surface area contributed by atoms with Crippen molar-refractivity contribution in [1.29, 1.82) is 0 Å². The standard InChI is InChI=1S/C19H17BrN2OS/c1-13-5-7-14(8-6-13)11-21-18(23)10-17-12-24-19(22-17)15-3-2-4-16(20)9-15/h2-9,12H,10-11H2,1H3,(H,21,23). The zero-order valence-electron chi connectivity index (χ0n) is 13.3. The number of carbonyl (C=O) groups excluding carboxylic acids is 1. The third-order valence-electron chi connectivity index (χ3n) is 3.58. The van der Waals surface area contributed by atoms with E-state index in [2.05, 4.69) is 26.2 Å². The minimum Gasteiger partial charge on any atom is -0.352 e. The van der Waals surface area contributed by atoms with E-state index in [9.17, 15) is 4.79 Å². The molecule has 2 aromatic carbocycles. The van der Waals surface area contributed by atoms with E-state index in [0.717, 1.165) is 26.3 Å². The molecule has 1 N–H and O–H groups in total. The molecular formula is C19H17BrN2OS. The fourth-order valence-electron chi connectivity index (χ4n) is 2.28. The molecule has 0 spiro atoms. The number of benzene rings is 2. The minimum absolute atomic E-state index is 0.0123. The second-order valence-corrected chi connectivity index (χ2v) is 7.37. The number of amides is 1. The zero-order valence-corrected chi connectivity index (χ0v) is 15.7. The fraction of sp³-hybridized carbons (Fsp3) is 0.158. The molecule has 1 aromatic heterocycles. The predicted octanol–water partition coefficient (Wildman–Crippen LogP) is 4.74. The van der Waals surface area contributed by atoms with Crippen molar-refractivity contribution in [2.75, 3.05) is 0 Å². The lowest BCUT2D eigenvalue weighted by molar-refractivity contribution is -0.120. The van der Waals surface area contributed by atoms with Crippen molar-refractivity contribution in [2.45, 2.75) is 19.9 Å². The second kappa shape index (κ2) is 7.73. The van der Waals surface area contributed by atoms with Crippen molar-refractivity contribution in [3.8, 4) is 10.6 Å². The maximum absolute atomic E-state index is 12.1. The highest BCUT2D eigenvalue weighted by molar-refractivity contribution is 9.10. The number of nitrogens with zero attached hydrogens (tertiary/aromatic N) is 1. The van der Waals surface area contributed by atoms with E-state index in [0.29, 0.717) is 13.0 Å². The van der Waals surface area contributed by atoms with Crippen LogP contribution in [0.2, 0.25) is 0 Å². The van der Waals surface area contributed by atoms with Crippen LogP contribution in [0.5, 0.6) is 0 Å². The number of halogens is 1. The monoisotopic (exact) mass is 400 g/mol. The average Bonchev–Trinajstić information content (AvgIpc) is 3.03. The van der Waals surface area contributed by atoms with Gasteiger partial charge in [-0.15, -0.1) is 11.3 Å². The Labute approximate surface area is 153 Å². The SMILES string of the molecule is Cc1ccc(CNC(=O)Cc2csc(-c3cccc(Br)c3)n2)cc1. The number of thiazole rings is 1. The summed E-state index contributed by atoms with van der Waals surface area (Å²) in [6, 6.07) is 16.2. The van der Waals surface area contributed by atoms with Crippen LogP contribution in [0.25, 0.3) is 10.6 Å². The van der Waals surface area contributed by atoms with Gasteiger partial charge in [-0.25, -0.2) is 4.98 Å². The minimum atomic E-state index is -0.0123. The summed E-state index contributed by atoms with van der Waals surface area (Å²) < 4.78 is 1.02. The lowest BCUT2D eigenvalue weighted by atomic mass is 10.1. The Morgan fingerprint density at radius 3 is 2.75 bits per heavy atom. The van der Waals surface area contributed by atoms with Crippen LogP contribution in [0, 0.1) is 6.92 Å². The molecule has 3 aromatic rings. The van der Waals surface area contributed by atoms with Gasteiger partial charge < -0.3 is 5.32 Å². The number of aryl methyl sites for hydroxylation is 1. The summed E-state index contributed by atoms with van der Waals surface area (Å²) >= 11 is 5.02. The highest BCUT2D eigenvalue weighted by Crippen LogP contribution is 2.26. The Morgan fingerprint density at radius 1 is 1.21 bits per heavy atom. The van der Waals surface area contributed by atoms with E-state index in [1.54, 1.807) is 11.3 Å². The van der Waals surface area contributed by atoms with Gasteiger partial charge in [0.15, 0.2) is 0 Å². The molecule has 0 radical (unpaired) electrons. The van der Waals surface area contributed by atoms with Crippen LogP contribution in [-0.2, 0) is 17.8 Å². The van der Waals surface area contributed by atoms with Crippen molar-refractivity contribution < 1.29 is 4.79 Å². The van der Waals surface area contributed by atoms with E-state index in [1.165, 1.54) is 5.56 Å². The van der Waals surface area contributed by atoms with E-state index in [-0.39, 0.29) is 5.91 Å². The number of aromatic nitrogens is 1. The first-order valence-corrected chi connectivity index (χ1v) is 9.30. The molecule has 0 fully saturated rings. The molecular weight excluding hydrogens is 384 g/mol. The van der Waals surface area contributed by atoms with Gasteiger partial charge in [0, 0.05) is 22.0 Å². The molecule has 5 heteroatoms. The molecule has 122 valence electrons. The summed E-state index contributed by atoms with van der Waals surface area (Å²) in [6.07, 6.45) is 0.302. The summed E-state index contributed by atoms with van der Waals surface area (Å²) in [4.78, 5) is 16.7. The first-order valence-electron chi connectivity index (χ1n) is 7.63. The van der Waals surface area contributed by atoms with Crippen LogP contribution in [0.3, 0.4) is 0 Å². The molecule has 3 nitrogen and oxygen atoms in total. The lowest BCUT2D eigenvalue weighted by Crippen LogP contribution is -2.24. The smallest absolute Gasteiger partial charge is 0.226 e. The molecule has 1 heterocycles. The quantitative estimate of drug-likeness (QED) is 0.671. The molecule has 0 aliphatic carbocycles. The lowest BCUT2D eigenvalue weighted by Gasteiger charge is -2.04. The number of hydrogen-bond acceptors (Lipinski definition) is 3. The molecule has 3 rings (SSSR count). The van der Waals surface area contributed by atoms with Crippen LogP contribution in [0.15, 0.2) is 58.4 Å². The summed E-state index contributed by atoms with van der Waals surface area (Å²) in [5.41, 5.74) is 4.17. The molecule has 0 bridgehead atoms. The predicted molar refractivity (Wildman–Crippen MR) is 102 cm³/mol. The van der Waals surface area contributed by atoms with Gasteiger partial charge in [-0.3, -0.25) is 4.79 Å². The normalized spacial score (nSPS) is 10.6. The Morgan fingerprint density at radius 2 is 2.00 bits per heavy atom. The zero-order chi connectivity index (χ0) is 16.9. The summed E-state index contributed by atoms with van der Waals surface area (Å²) in [5, 5.41) is 5.82. The van der Waals surface area contributed by atoms with Gasteiger partial charge in [0.2, 0.25) is 5.91 Å². The first kappa shape index (κ1) is 16.9. The Kier molecular flexibility index (Phi) is 5.43. The van der Waals surface area contributed by atoms with E-state index < -0.39 is 0 Å². The van der Waals surface area contributed by atoms with Crippen molar-refractivity contribution in [3.63, 3.8) is 0 Å². The molecule has 0 aliphatic heterocycles. The van der Waals surface area contributed by atoms with E-state index >= 15 is 0 Å². The van der Waals surface area contributed by atoms with Gasteiger partial charge in [0.05, 0.1) is 12.1 Å². The molecule has 0 aliphatic rings.